The van der Waals surface area contributed by atoms with Gasteiger partial charge in [0.1, 0.15) is 11.6 Å². The summed E-state index contributed by atoms with van der Waals surface area (Å²) in [6.45, 7) is 0. The number of aromatic nitrogens is 1. The van der Waals surface area contributed by atoms with Crippen molar-refractivity contribution in [2.45, 2.75) is 6.42 Å². The Morgan fingerprint density at radius 1 is 1.57 bits per heavy atom. The molecular formula is C10H5ClN2O. The number of ketones is 1. The number of fused-ring (bicyclic) bond motifs is 1. The number of pyridine rings is 1. The van der Waals surface area contributed by atoms with Crippen LogP contribution in [0.2, 0.25) is 0 Å². The Labute approximate surface area is 85.6 Å². The molecule has 1 heterocycles. The lowest BCUT2D eigenvalue weighted by atomic mass is 9.95. The fourth-order valence-electron chi connectivity index (χ4n) is 1.39. The van der Waals surface area contributed by atoms with Crippen molar-refractivity contribution in [1.29, 1.82) is 5.26 Å². The first-order chi connectivity index (χ1) is 6.74. The second-order valence-corrected chi connectivity index (χ2v) is 3.29. The molecule has 0 saturated heterocycles. The predicted molar refractivity (Wildman–Crippen MR) is 51.3 cm³/mol. The Morgan fingerprint density at radius 2 is 2.36 bits per heavy atom. The standard InChI is InChI=1S/C10H5ClN2O/c11-9-7(5-12)8(14)4-6-2-1-3-13-10(6)9/h1-3H,4H2. The number of carbonyl (C=O) groups is 1. The van der Waals surface area contributed by atoms with Gasteiger partial charge in [-0.3, -0.25) is 9.78 Å². The van der Waals surface area contributed by atoms with Crippen molar-refractivity contribution in [3.05, 3.63) is 35.2 Å². The van der Waals surface area contributed by atoms with Crippen LogP contribution in [0.15, 0.2) is 23.9 Å². The highest BCUT2D eigenvalue weighted by Gasteiger charge is 2.24. The fourth-order valence-corrected chi connectivity index (χ4v) is 1.71. The van der Waals surface area contributed by atoms with Crippen LogP contribution in [-0.2, 0) is 11.2 Å². The van der Waals surface area contributed by atoms with Gasteiger partial charge in [0, 0.05) is 12.6 Å². The first-order valence-electron chi connectivity index (χ1n) is 4.01. The third kappa shape index (κ3) is 1.21. The zero-order valence-corrected chi connectivity index (χ0v) is 7.88. The lowest BCUT2D eigenvalue weighted by Crippen LogP contribution is -2.14. The molecule has 0 unspecified atom stereocenters. The number of halogens is 1. The molecule has 0 saturated carbocycles. The van der Waals surface area contributed by atoms with E-state index in [0.29, 0.717) is 5.69 Å². The van der Waals surface area contributed by atoms with E-state index in [9.17, 15) is 4.79 Å². The van der Waals surface area contributed by atoms with E-state index < -0.39 is 0 Å². The van der Waals surface area contributed by atoms with Crippen LogP contribution in [0.1, 0.15) is 11.3 Å². The number of Topliss-reactive ketones (excluding diaryl/α,β-unsaturated/α-hetero) is 1. The topological polar surface area (TPSA) is 53.8 Å². The van der Waals surface area contributed by atoms with Crippen LogP contribution in [0.3, 0.4) is 0 Å². The lowest BCUT2D eigenvalue weighted by molar-refractivity contribution is -0.114. The van der Waals surface area contributed by atoms with Crippen molar-refractivity contribution in [2.75, 3.05) is 0 Å². The molecule has 0 fully saturated rings. The number of hydrogen-bond acceptors (Lipinski definition) is 3. The maximum Gasteiger partial charge on any atom is 0.179 e. The van der Waals surface area contributed by atoms with Gasteiger partial charge in [-0.15, -0.1) is 0 Å². The second-order valence-electron chi connectivity index (χ2n) is 2.91. The van der Waals surface area contributed by atoms with E-state index in [0.717, 1.165) is 5.56 Å². The molecular weight excluding hydrogens is 200 g/mol. The van der Waals surface area contributed by atoms with E-state index in [1.54, 1.807) is 24.4 Å². The van der Waals surface area contributed by atoms with E-state index in [-0.39, 0.29) is 22.8 Å². The van der Waals surface area contributed by atoms with Gasteiger partial charge in [0.15, 0.2) is 5.78 Å². The smallest absolute Gasteiger partial charge is 0.179 e. The first kappa shape index (κ1) is 8.92. The Hall–Kier alpha value is -1.66. The molecule has 0 amide bonds. The summed E-state index contributed by atoms with van der Waals surface area (Å²) >= 11 is 5.88. The number of allylic oxidation sites excluding steroid dienone is 1. The molecule has 0 radical (unpaired) electrons. The summed E-state index contributed by atoms with van der Waals surface area (Å²) in [7, 11) is 0. The zero-order chi connectivity index (χ0) is 10.1. The molecule has 68 valence electrons. The summed E-state index contributed by atoms with van der Waals surface area (Å²) in [5.41, 5.74) is 1.34. The summed E-state index contributed by atoms with van der Waals surface area (Å²) in [5.74, 6) is -0.238. The first-order valence-corrected chi connectivity index (χ1v) is 4.39. The van der Waals surface area contributed by atoms with Crippen LogP contribution < -0.4 is 0 Å². The monoisotopic (exact) mass is 204 g/mol. The maximum absolute atomic E-state index is 11.4. The number of carbonyl (C=O) groups excluding carboxylic acids is 1. The molecule has 14 heavy (non-hydrogen) atoms. The predicted octanol–water partition coefficient (Wildman–Crippen LogP) is 1.68. The van der Waals surface area contributed by atoms with Gasteiger partial charge in [0.25, 0.3) is 0 Å². The van der Waals surface area contributed by atoms with Gasteiger partial charge in [0.05, 0.1) is 10.7 Å². The minimum Gasteiger partial charge on any atom is -0.293 e. The van der Waals surface area contributed by atoms with Crippen molar-refractivity contribution in [2.24, 2.45) is 0 Å². The Bertz CT molecular complexity index is 485. The summed E-state index contributed by atoms with van der Waals surface area (Å²) < 4.78 is 0. The SMILES string of the molecule is N#CC1=C(Cl)c2ncccc2CC1=O. The highest BCUT2D eigenvalue weighted by Crippen LogP contribution is 2.29. The summed E-state index contributed by atoms with van der Waals surface area (Å²) in [4.78, 5) is 15.4. The van der Waals surface area contributed by atoms with Crippen LogP contribution in [0, 0.1) is 11.3 Å². The van der Waals surface area contributed by atoms with Crippen LogP contribution in [-0.4, -0.2) is 10.8 Å². The highest BCUT2D eigenvalue weighted by molar-refractivity contribution is 6.52. The molecule has 2 rings (SSSR count). The van der Waals surface area contributed by atoms with Gasteiger partial charge in [-0.1, -0.05) is 17.7 Å². The molecule has 4 heteroatoms. The largest absolute Gasteiger partial charge is 0.293 e. The van der Waals surface area contributed by atoms with Crippen molar-refractivity contribution in [3.63, 3.8) is 0 Å². The Balaban J connectivity index is 2.69. The second kappa shape index (κ2) is 3.24. The van der Waals surface area contributed by atoms with Crippen molar-refractivity contribution in [3.8, 4) is 6.07 Å². The Kier molecular flexibility index (Phi) is 2.06. The highest BCUT2D eigenvalue weighted by atomic mass is 35.5. The molecule has 1 aromatic rings. The van der Waals surface area contributed by atoms with E-state index in [4.69, 9.17) is 16.9 Å². The lowest BCUT2D eigenvalue weighted by Gasteiger charge is -2.12. The molecule has 0 N–H and O–H groups in total. The quantitative estimate of drug-likeness (QED) is 0.646. The van der Waals surface area contributed by atoms with E-state index in [2.05, 4.69) is 4.98 Å². The summed E-state index contributed by atoms with van der Waals surface area (Å²) in [6, 6.07) is 5.33. The fraction of sp³-hybridized carbons (Fsp3) is 0.100. The van der Waals surface area contributed by atoms with Crippen molar-refractivity contribution < 1.29 is 4.79 Å². The maximum atomic E-state index is 11.4. The molecule has 0 aliphatic heterocycles. The third-order valence-corrected chi connectivity index (χ3v) is 2.43. The van der Waals surface area contributed by atoms with Gasteiger partial charge in [-0.05, 0) is 11.6 Å². The molecule has 3 nitrogen and oxygen atoms in total. The van der Waals surface area contributed by atoms with Gasteiger partial charge in [-0.25, -0.2) is 0 Å². The van der Waals surface area contributed by atoms with Gasteiger partial charge in [0.2, 0.25) is 0 Å². The van der Waals surface area contributed by atoms with Crippen molar-refractivity contribution >= 4 is 22.4 Å². The van der Waals surface area contributed by atoms with Crippen molar-refractivity contribution in [1.82, 2.24) is 4.98 Å². The molecule has 0 aromatic carbocycles. The van der Waals surface area contributed by atoms with Gasteiger partial charge >= 0.3 is 0 Å². The number of hydrogen-bond donors (Lipinski definition) is 0. The third-order valence-electron chi connectivity index (χ3n) is 2.06. The zero-order valence-electron chi connectivity index (χ0n) is 7.12. The number of rotatable bonds is 0. The molecule has 1 aliphatic rings. The Morgan fingerprint density at radius 3 is 3.07 bits per heavy atom. The van der Waals surface area contributed by atoms with Crippen LogP contribution in [0.5, 0.6) is 0 Å². The average molecular weight is 205 g/mol. The molecule has 0 atom stereocenters. The molecule has 0 bridgehead atoms. The molecule has 0 spiro atoms. The molecule has 1 aliphatic carbocycles. The van der Waals surface area contributed by atoms with Gasteiger partial charge < -0.3 is 0 Å². The van der Waals surface area contributed by atoms with Gasteiger partial charge in [-0.2, -0.15) is 5.26 Å². The average Bonchev–Trinajstić information content (AvgIpc) is 2.18. The van der Waals surface area contributed by atoms with Crippen LogP contribution in [0.4, 0.5) is 0 Å². The minimum absolute atomic E-state index is 0.0119. The van der Waals surface area contributed by atoms with Crippen LogP contribution in [0.25, 0.3) is 5.03 Å². The van der Waals surface area contributed by atoms with E-state index in [1.807, 2.05) is 0 Å². The van der Waals surface area contributed by atoms with Crippen LogP contribution >= 0.6 is 11.6 Å². The summed E-state index contributed by atoms with van der Waals surface area (Å²) in [6.07, 6.45) is 1.80. The van der Waals surface area contributed by atoms with E-state index >= 15 is 0 Å². The normalized spacial score (nSPS) is 15.0. The molecule has 1 aromatic heterocycles. The van der Waals surface area contributed by atoms with E-state index in [1.165, 1.54) is 0 Å². The minimum atomic E-state index is -0.238. The summed E-state index contributed by atoms with van der Waals surface area (Å²) in [5, 5.41) is 8.88. The number of nitriles is 1. The number of nitrogens with zero attached hydrogens (tertiary/aromatic N) is 2.